The molecule has 0 bridgehead atoms. The normalized spacial score (nSPS) is 19.6. The van der Waals surface area contributed by atoms with Gasteiger partial charge in [-0.1, -0.05) is 13.3 Å². The number of rotatable bonds is 7. The van der Waals surface area contributed by atoms with Crippen LogP contribution in [0.1, 0.15) is 32.6 Å². The minimum Gasteiger partial charge on any atom is -0.381 e. The van der Waals surface area contributed by atoms with Crippen molar-refractivity contribution in [3.8, 4) is 0 Å². The van der Waals surface area contributed by atoms with Crippen LogP contribution in [0.2, 0.25) is 0 Å². The van der Waals surface area contributed by atoms with Crippen LogP contribution in [0.4, 0.5) is 0 Å². The third-order valence-electron chi connectivity index (χ3n) is 3.18. The zero-order valence-corrected chi connectivity index (χ0v) is 10.3. The second kappa shape index (κ2) is 8.08. The van der Waals surface area contributed by atoms with E-state index in [4.69, 9.17) is 4.74 Å². The van der Waals surface area contributed by atoms with E-state index in [1.165, 1.54) is 51.9 Å². The summed E-state index contributed by atoms with van der Waals surface area (Å²) in [5, 5.41) is 3.49. The monoisotopic (exact) mass is 214 g/mol. The van der Waals surface area contributed by atoms with Crippen LogP contribution >= 0.6 is 0 Å². The molecule has 0 aromatic heterocycles. The number of ether oxygens (including phenoxy) is 1. The summed E-state index contributed by atoms with van der Waals surface area (Å²) in [6, 6.07) is 0. The third kappa shape index (κ3) is 5.50. The fraction of sp³-hybridized carbons (Fsp3) is 1.00. The first-order valence-corrected chi connectivity index (χ1v) is 6.32. The van der Waals surface area contributed by atoms with Crippen LogP contribution in [0.25, 0.3) is 0 Å². The summed E-state index contributed by atoms with van der Waals surface area (Å²) < 4.78 is 5.35. The van der Waals surface area contributed by atoms with Gasteiger partial charge in [0.2, 0.25) is 0 Å². The Morgan fingerprint density at radius 1 is 1.27 bits per heavy atom. The lowest BCUT2D eigenvalue weighted by atomic mass is 10.1. The summed E-state index contributed by atoms with van der Waals surface area (Å²) in [6.07, 6.45) is 5.49. The van der Waals surface area contributed by atoms with E-state index in [0.29, 0.717) is 6.10 Å². The molecule has 90 valence electrons. The molecule has 1 fully saturated rings. The fourth-order valence-electron chi connectivity index (χ4n) is 2.03. The Bertz CT molecular complexity index is 145. The van der Waals surface area contributed by atoms with Crippen LogP contribution in [0.5, 0.6) is 0 Å². The molecular weight excluding hydrogens is 188 g/mol. The first-order valence-electron chi connectivity index (χ1n) is 6.32. The Kier molecular flexibility index (Phi) is 6.98. The minimum absolute atomic E-state index is 0.509. The second-order valence-corrected chi connectivity index (χ2v) is 4.38. The predicted octanol–water partition coefficient (Wildman–Crippen LogP) is 1.49. The highest BCUT2D eigenvalue weighted by atomic mass is 16.5. The average molecular weight is 214 g/mol. The minimum atomic E-state index is 0.509. The molecule has 1 heterocycles. The van der Waals surface area contributed by atoms with Crippen molar-refractivity contribution < 1.29 is 4.74 Å². The topological polar surface area (TPSA) is 24.5 Å². The van der Waals surface area contributed by atoms with Gasteiger partial charge >= 0.3 is 0 Å². The highest BCUT2D eigenvalue weighted by molar-refractivity contribution is 4.72. The van der Waals surface area contributed by atoms with Crippen molar-refractivity contribution in [2.24, 2.45) is 0 Å². The molecule has 0 amide bonds. The van der Waals surface area contributed by atoms with Crippen LogP contribution in [0.3, 0.4) is 0 Å². The summed E-state index contributed by atoms with van der Waals surface area (Å²) >= 11 is 0. The summed E-state index contributed by atoms with van der Waals surface area (Å²) in [7, 11) is 1.83. The molecule has 0 aromatic rings. The molecule has 1 rings (SSSR count). The molecule has 0 atom stereocenters. The summed E-state index contributed by atoms with van der Waals surface area (Å²) in [4.78, 5) is 2.54. The van der Waals surface area contributed by atoms with Gasteiger partial charge in [-0.05, 0) is 25.8 Å². The number of nitrogens with zero attached hydrogens (tertiary/aromatic N) is 1. The lowest BCUT2D eigenvalue weighted by molar-refractivity contribution is 0.0415. The summed E-state index contributed by atoms with van der Waals surface area (Å²) in [5.41, 5.74) is 0. The van der Waals surface area contributed by atoms with Gasteiger partial charge in [-0.2, -0.15) is 0 Å². The maximum Gasteiger partial charge on any atom is 0.0595 e. The molecule has 0 saturated carbocycles. The molecule has 3 heteroatoms. The largest absolute Gasteiger partial charge is 0.381 e. The molecule has 0 unspecified atom stereocenters. The van der Waals surface area contributed by atoms with Crippen molar-refractivity contribution in [2.75, 3.05) is 39.8 Å². The van der Waals surface area contributed by atoms with Crippen molar-refractivity contribution in [2.45, 2.75) is 38.7 Å². The number of piperidine rings is 1. The molecule has 0 spiro atoms. The summed E-state index contributed by atoms with van der Waals surface area (Å²) in [5.74, 6) is 0. The van der Waals surface area contributed by atoms with E-state index in [1.54, 1.807) is 0 Å². The van der Waals surface area contributed by atoms with Crippen LogP contribution in [0.15, 0.2) is 0 Å². The van der Waals surface area contributed by atoms with Crippen LogP contribution < -0.4 is 5.32 Å². The smallest absolute Gasteiger partial charge is 0.0595 e. The van der Waals surface area contributed by atoms with Crippen molar-refractivity contribution in [3.05, 3.63) is 0 Å². The lowest BCUT2D eigenvalue weighted by Gasteiger charge is -2.31. The zero-order chi connectivity index (χ0) is 10.9. The first kappa shape index (κ1) is 12.9. The molecule has 1 N–H and O–H groups in total. The predicted molar refractivity (Wildman–Crippen MR) is 64.2 cm³/mol. The number of hydrogen-bond donors (Lipinski definition) is 1. The highest BCUT2D eigenvalue weighted by Crippen LogP contribution is 2.11. The van der Waals surface area contributed by atoms with Crippen molar-refractivity contribution in [3.63, 3.8) is 0 Å². The van der Waals surface area contributed by atoms with Crippen molar-refractivity contribution in [1.82, 2.24) is 10.2 Å². The average Bonchev–Trinajstić information content (AvgIpc) is 2.30. The Hall–Kier alpha value is -0.120. The number of likely N-dealkylation sites (tertiary alicyclic amines) is 1. The van der Waals surface area contributed by atoms with Gasteiger partial charge in [0.15, 0.2) is 0 Å². The van der Waals surface area contributed by atoms with Gasteiger partial charge in [-0.25, -0.2) is 0 Å². The van der Waals surface area contributed by atoms with Crippen LogP contribution in [-0.2, 0) is 4.74 Å². The van der Waals surface area contributed by atoms with E-state index in [1.807, 2.05) is 7.11 Å². The molecule has 0 radical (unpaired) electrons. The van der Waals surface area contributed by atoms with E-state index in [-0.39, 0.29) is 0 Å². The van der Waals surface area contributed by atoms with Gasteiger partial charge in [0.1, 0.15) is 0 Å². The second-order valence-electron chi connectivity index (χ2n) is 4.38. The number of unbranched alkanes of at least 4 members (excludes halogenated alkanes) is 1. The molecule has 1 aliphatic rings. The van der Waals surface area contributed by atoms with Gasteiger partial charge in [-0.3, -0.25) is 0 Å². The quantitative estimate of drug-likeness (QED) is 0.650. The third-order valence-corrected chi connectivity index (χ3v) is 3.18. The number of nitrogens with one attached hydrogen (secondary N) is 1. The SMILES string of the molecule is CCCCNCCN1CCC(OC)CC1. The highest BCUT2D eigenvalue weighted by Gasteiger charge is 2.17. The zero-order valence-electron chi connectivity index (χ0n) is 10.3. The Labute approximate surface area is 94.2 Å². The van der Waals surface area contributed by atoms with Gasteiger partial charge in [0.25, 0.3) is 0 Å². The van der Waals surface area contributed by atoms with Crippen molar-refractivity contribution in [1.29, 1.82) is 0 Å². The summed E-state index contributed by atoms with van der Waals surface area (Å²) in [6.45, 7) is 8.14. The number of hydrogen-bond acceptors (Lipinski definition) is 3. The van der Waals surface area contributed by atoms with Gasteiger partial charge in [-0.15, -0.1) is 0 Å². The Morgan fingerprint density at radius 2 is 2.00 bits per heavy atom. The number of methoxy groups -OCH3 is 1. The van der Waals surface area contributed by atoms with E-state index in [0.717, 1.165) is 6.54 Å². The van der Waals surface area contributed by atoms with Gasteiger partial charge in [0, 0.05) is 33.3 Å². The van der Waals surface area contributed by atoms with Gasteiger partial charge in [0.05, 0.1) is 6.10 Å². The molecule has 0 aliphatic carbocycles. The molecule has 15 heavy (non-hydrogen) atoms. The Balaban J connectivity index is 1.94. The maximum atomic E-state index is 5.35. The lowest BCUT2D eigenvalue weighted by Crippen LogP contribution is -2.40. The van der Waals surface area contributed by atoms with E-state index >= 15 is 0 Å². The van der Waals surface area contributed by atoms with Crippen LogP contribution in [0, 0.1) is 0 Å². The molecule has 3 nitrogen and oxygen atoms in total. The van der Waals surface area contributed by atoms with Gasteiger partial charge < -0.3 is 15.0 Å². The maximum absolute atomic E-state index is 5.35. The first-order chi connectivity index (χ1) is 7.36. The molecular formula is C12H26N2O. The van der Waals surface area contributed by atoms with Crippen LogP contribution in [-0.4, -0.2) is 50.8 Å². The Morgan fingerprint density at radius 3 is 2.60 bits per heavy atom. The fourth-order valence-corrected chi connectivity index (χ4v) is 2.03. The van der Waals surface area contributed by atoms with E-state index in [9.17, 15) is 0 Å². The standard InChI is InChI=1S/C12H26N2O/c1-3-4-7-13-8-11-14-9-5-12(15-2)6-10-14/h12-13H,3-11H2,1-2H3. The van der Waals surface area contributed by atoms with Crippen molar-refractivity contribution >= 4 is 0 Å². The molecule has 1 aliphatic heterocycles. The molecule has 0 aromatic carbocycles. The van der Waals surface area contributed by atoms with E-state index in [2.05, 4.69) is 17.1 Å². The molecule has 1 saturated heterocycles. The van der Waals surface area contributed by atoms with E-state index < -0.39 is 0 Å².